The van der Waals surface area contributed by atoms with Crippen molar-refractivity contribution in [3.63, 3.8) is 0 Å². The van der Waals surface area contributed by atoms with Crippen LogP contribution in [0.4, 0.5) is 11.4 Å². The van der Waals surface area contributed by atoms with Crippen LogP contribution in [0.1, 0.15) is 6.92 Å². The predicted molar refractivity (Wildman–Crippen MR) is 95.7 cm³/mol. The summed E-state index contributed by atoms with van der Waals surface area (Å²) in [7, 11) is 0. The molecule has 2 rings (SSSR count). The van der Waals surface area contributed by atoms with E-state index in [4.69, 9.17) is 11.6 Å². The molecule has 1 amide bonds. The van der Waals surface area contributed by atoms with Gasteiger partial charge in [0.1, 0.15) is 0 Å². The molecule has 0 spiro atoms. The summed E-state index contributed by atoms with van der Waals surface area (Å²) >= 11 is 10.2. The van der Waals surface area contributed by atoms with Gasteiger partial charge in [0.25, 0.3) is 5.69 Å². The second-order valence-electron chi connectivity index (χ2n) is 4.57. The van der Waals surface area contributed by atoms with Gasteiger partial charge in [0.05, 0.1) is 20.3 Å². The van der Waals surface area contributed by atoms with E-state index in [0.29, 0.717) is 20.5 Å². The van der Waals surface area contributed by atoms with E-state index in [1.807, 2.05) is 0 Å². The van der Waals surface area contributed by atoms with E-state index < -0.39 is 4.92 Å². The van der Waals surface area contributed by atoms with Crippen LogP contribution in [0.15, 0.2) is 52.3 Å². The van der Waals surface area contributed by atoms with Gasteiger partial charge in [-0.15, -0.1) is 0 Å². The highest BCUT2D eigenvalue weighted by molar-refractivity contribution is 9.10. The Morgan fingerprint density at radius 1 is 1.30 bits per heavy atom. The number of benzene rings is 2. The zero-order valence-corrected chi connectivity index (χ0v) is 15.1. The van der Waals surface area contributed by atoms with Crippen LogP contribution >= 0.6 is 39.3 Å². The van der Waals surface area contributed by atoms with Gasteiger partial charge < -0.3 is 5.32 Å². The molecule has 23 heavy (non-hydrogen) atoms. The summed E-state index contributed by atoms with van der Waals surface area (Å²) in [6.07, 6.45) is 0. The third kappa shape index (κ3) is 4.70. The summed E-state index contributed by atoms with van der Waals surface area (Å²) in [4.78, 5) is 23.4. The minimum absolute atomic E-state index is 0.0718. The maximum absolute atomic E-state index is 11.8. The second kappa shape index (κ2) is 7.81. The lowest BCUT2D eigenvalue weighted by Crippen LogP contribution is -2.20. The number of para-hydroxylation sites is 1. The topological polar surface area (TPSA) is 72.2 Å². The number of hydrogen-bond acceptors (Lipinski definition) is 4. The number of hydrogen-bond donors (Lipinski definition) is 1. The zero-order chi connectivity index (χ0) is 17.0. The molecular weight excluding hydrogens is 404 g/mol. The van der Waals surface area contributed by atoms with E-state index in [-0.39, 0.29) is 16.4 Å². The van der Waals surface area contributed by atoms with E-state index in [2.05, 4.69) is 21.2 Å². The number of amides is 1. The molecule has 5 nitrogen and oxygen atoms in total. The lowest BCUT2D eigenvalue weighted by molar-refractivity contribution is -0.387. The number of carbonyl (C=O) groups excluding carboxylic acids is 1. The minimum Gasteiger partial charge on any atom is -0.324 e. The lowest BCUT2D eigenvalue weighted by Gasteiger charge is -2.12. The summed E-state index contributed by atoms with van der Waals surface area (Å²) in [5.74, 6) is -0.191. The van der Waals surface area contributed by atoms with Gasteiger partial charge >= 0.3 is 0 Å². The average Bonchev–Trinajstić information content (AvgIpc) is 2.50. The van der Waals surface area contributed by atoms with Gasteiger partial charge in [0.15, 0.2) is 0 Å². The molecule has 0 heterocycles. The van der Waals surface area contributed by atoms with Crippen LogP contribution < -0.4 is 5.32 Å². The first-order valence-corrected chi connectivity index (χ1v) is 8.65. The molecule has 0 fully saturated rings. The van der Waals surface area contributed by atoms with Gasteiger partial charge in [-0.2, -0.15) is 0 Å². The molecule has 0 aliphatic carbocycles. The summed E-state index contributed by atoms with van der Waals surface area (Å²) in [6, 6.07) is 11.6. The van der Waals surface area contributed by atoms with Crippen molar-refractivity contribution in [2.75, 3.05) is 5.32 Å². The highest BCUT2D eigenvalue weighted by Crippen LogP contribution is 2.39. The van der Waals surface area contributed by atoms with Crippen LogP contribution in [-0.2, 0) is 4.79 Å². The highest BCUT2D eigenvalue weighted by atomic mass is 79.9. The summed E-state index contributed by atoms with van der Waals surface area (Å²) in [5.41, 5.74) is 0.524. The van der Waals surface area contributed by atoms with Crippen molar-refractivity contribution in [1.82, 2.24) is 0 Å². The molecule has 1 atom stereocenters. The Bertz CT molecular complexity index is 755. The number of nitro groups is 1. The molecule has 1 N–H and O–H groups in total. The van der Waals surface area contributed by atoms with Gasteiger partial charge in [-0.25, -0.2) is 0 Å². The van der Waals surface area contributed by atoms with Crippen LogP contribution in [-0.4, -0.2) is 15.7 Å². The highest BCUT2D eigenvalue weighted by Gasteiger charge is 2.18. The van der Waals surface area contributed by atoms with Gasteiger partial charge in [-0.3, -0.25) is 14.9 Å². The Morgan fingerprint density at radius 3 is 2.65 bits per heavy atom. The maximum Gasteiger partial charge on any atom is 0.284 e. The fourth-order valence-corrected chi connectivity index (χ4v) is 3.00. The van der Waals surface area contributed by atoms with Gasteiger partial charge in [-0.05, 0) is 31.2 Å². The molecular formula is C15H12BrClN2O3S. The molecule has 0 bridgehead atoms. The van der Waals surface area contributed by atoms with Crippen LogP contribution in [0, 0.1) is 10.1 Å². The molecule has 0 saturated heterocycles. The first-order chi connectivity index (χ1) is 10.9. The molecule has 0 aliphatic rings. The standard InChI is InChI=1S/C15H12BrClN2O3S/c1-9(16)15(20)18-11-4-2-3-5-13(11)23-14-7-6-10(17)8-12(14)19(21)22/h2-9H,1H3,(H,18,20). The smallest absolute Gasteiger partial charge is 0.284 e. The fraction of sp³-hybridized carbons (Fsp3) is 0.133. The van der Waals surface area contributed by atoms with Gasteiger partial charge in [0, 0.05) is 16.0 Å². The van der Waals surface area contributed by atoms with E-state index in [1.165, 1.54) is 17.8 Å². The molecule has 0 aliphatic heterocycles. The third-order valence-corrected chi connectivity index (χ3v) is 4.64. The van der Waals surface area contributed by atoms with Crippen molar-refractivity contribution >= 4 is 56.6 Å². The van der Waals surface area contributed by atoms with E-state index >= 15 is 0 Å². The Morgan fingerprint density at radius 2 is 2.00 bits per heavy atom. The van der Waals surface area contributed by atoms with Crippen molar-refractivity contribution in [1.29, 1.82) is 0 Å². The van der Waals surface area contributed by atoms with Crippen molar-refractivity contribution in [3.05, 3.63) is 57.6 Å². The first-order valence-electron chi connectivity index (χ1n) is 6.54. The van der Waals surface area contributed by atoms with Crippen LogP contribution in [0.5, 0.6) is 0 Å². The number of nitrogens with one attached hydrogen (secondary N) is 1. The van der Waals surface area contributed by atoms with Crippen LogP contribution in [0.2, 0.25) is 5.02 Å². The Labute approximate surface area is 150 Å². The van der Waals surface area contributed by atoms with E-state index in [9.17, 15) is 14.9 Å². The van der Waals surface area contributed by atoms with E-state index in [1.54, 1.807) is 43.3 Å². The minimum atomic E-state index is -0.476. The fourth-order valence-electron chi connectivity index (χ4n) is 1.73. The third-order valence-electron chi connectivity index (χ3n) is 2.84. The second-order valence-corrected chi connectivity index (χ2v) is 7.47. The lowest BCUT2D eigenvalue weighted by atomic mass is 10.3. The molecule has 0 radical (unpaired) electrons. The maximum atomic E-state index is 11.8. The SMILES string of the molecule is CC(Br)C(=O)Nc1ccccc1Sc1ccc(Cl)cc1[N+](=O)[O-]. The Hall–Kier alpha value is -1.57. The number of rotatable bonds is 5. The number of anilines is 1. The van der Waals surface area contributed by atoms with Crippen molar-refractivity contribution in [2.24, 2.45) is 0 Å². The molecule has 8 heteroatoms. The van der Waals surface area contributed by atoms with Gasteiger partial charge in [-0.1, -0.05) is 51.4 Å². The summed E-state index contributed by atoms with van der Waals surface area (Å²) in [6.45, 7) is 1.72. The van der Waals surface area contributed by atoms with Crippen molar-refractivity contribution in [2.45, 2.75) is 21.5 Å². The average molecular weight is 416 g/mol. The normalized spacial score (nSPS) is 11.8. The van der Waals surface area contributed by atoms with E-state index in [0.717, 1.165) is 0 Å². The summed E-state index contributed by atoms with van der Waals surface area (Å²) < 4.78 is 0. The number of nitro benzene ring substituents is 1. The Kier molecular flexibility index (Phi) is 6.04. The molecule has 0 aromatic heterocycles. The number of nitrogens with zero attached hydrogens (tertiary/aromatic N) is 1. The zero-order valence-electron chi connectivity index (χ0n) is 12.0. The largest absolute Gasteiger partial charge is 0.324 e. The number of halogens is 2. The van der Waals surface area contributed by atoms with Crippen molar-refractivity contribution in [3.8, 4) is 0 Å². The molecule has 0 saturated carbocycles. The van der Waals surface area contributed by atoms with Gasteiger partial charge in [0.2, 0.25) is 5.91 Å². The number of carbonyl (C=O) groups is 1. The quantitative estimate of drug-likeness (QED) is 0.418. The number of alkyl halides is 1. The molecule has 2 aromatic carbocycles. The van der Waals surface area contributed by atoms with Crippen molar-refractivity contribution < 1.29 is 9.72 Å². The Balaban J connectivity index is 2.34. The van der Waals surface area contributed by atoms with Crippen LogP contribution in [0.25, 0.3) is 0 Å². The molecule has 120 valence electrons. The van der Waals surface area contributed by atoms with Crippen LogP contribution in [0.3, 0.4) is 0 Å². The predicted octanol–water partition coefficient (Wildman–Crippen LogP) is 5.12. The molecule has 1 unspecified atom stereocenters. The first kappa shape index (κ1) is 17.8. The monoisotopic (exact) mass is 414 g/mol. The molecule has 2 aromatic rings. The summed E-state index contributed by atoms with van der Waals surface area (Å²) in [5, 5.41) is 14.3.